The Morgan fingerprint density at radius 1 is 1.09 bits per heavy atom. The molecule has 1 spiro atoms. The first-order valence-corrected chi connectivity index (χ1v) is 13.6. The first-order chi connectivity index (χ1) is 15.8. The molecule has 3 saturated carbocycles. The summed E-state index contributed by atoms with van der Waals surface area (Å²) in [4.78, 5) is 0. The van der Waals surface area contributed by atoms with Crippen LogP contribution in [0, 0.1) is 28.6 Å². The fourth-order valence-corrected chi connectivity index (χ4v) is 8.48. The van der Waals surface area contributed by atoms with Crippen LogP contribution in [0.2, 0.25) is 0 Å². The number of aryl methyl sites for hydroxylation is 1. The van der Waals surface area contributed by atoms with Crippen LogP contribution in [-0.4, -0.2) is 10.7 Å². The third kappa shape index (κ3) is 3.79. The van der Waals surface area contributed by atoms with Gasteiger partial charge in [-0.05, 0) is 112 Å². The van der Waals surface area contributed by atoms with Gasteiger partial charge in [0.25, 0.3) is 0 Å². The lowest BCUT2D eigenvalue weighted by molar-refractivity contribution is -0.0585. The van der Waals surface area contributed by atoms with E-state index in [-0.39, 0.29) is 10.8 Å². The van der Waals surface area contributed by atoms with Gasteiger partial charge >= 0.3 is 0 Å². The summed E-state index contributed by atoms with van der Waals surface area (Å²) in [6.45, 7) is 11.4. The molecule has 178 valence electrons. The molecular weight excluding hydrogens is 400 g/mol. The van der Waals surface area contributed by atoms with Crippen LogP contribution >= 0.6 is 0 Å². The van der Waals surface area contributed by atoms with Crippen molar-refractivity contribution in [2.24, 2.45) is 28.6 Å². The second kappa shape index (κ2) is 8.56. The third-order valence-corrected chi connectivity index (χ3v) is 10.8. The van der Waals surface area contributed by atoms with Crippen LogP contribution in [-0.2, 0) is 6.42 Å². The maximum absolute atomic E-state index is 12.1. The average molecular weight is 445 g/mol. The summed E-state index contributed by atoms with van der Waals surface area (Å²) in [7, 11) is 0. The van der Waals surface area contributed by atoms with Crippen LogP contribution in [0.1, 0.15) is 90.5 Å². The number of hydrogen-bond acceptors (Lipinski definition) is 1. The summed E-state index contributed by atoms with van der Waals surface area (Å²) in [5.74, 6) is 1.54. The molecule has 4 aliphatic carbocycles. The lowest BCUT2D eigenvalue weighted by Gasteiger charge is -2.54. The minimum Gasteiger partial charge on any atom is -0.389 e. The first-order valence-electron chi connectivity index (χ1n) is 13.6. The summed E-state index contributed by atoms with van der Waals surface area (Å²) in [6.07, 6.45) is 18.0. The number of fused-ring (bicyclic) bond motifs is 2. The van der Waals surface area contributed by atoms with Gasteiger partial charge in [-0.25, -0.2) is 0 Å². The van der Waals surface area contributed by atoms with Gasteiger partial charge in [-0.1, -0.05) is 79.1 Å². The topological polar surface area (TPSA) is 20.2 Å². The van der Waals surface area contributed by atoms with Crippen LogP contribution in [0.3, 0.4) is 0 Å². The predicted molar refractivity (Wildman–Crippen MR) is 139 cm³/mol. The fraction of sp³-hybridized carbons (Fsp3) is 0.625. The Bertz CT molecular complexity index is 954. The second-order valence-electron chi connectivity index (χ2n) is 12.3. The highest BCUT2D eigenvalue weighted by Crippen LogP contribution is 2.67. The molecule has 6 atom stereocenters. The van der Waals surface area contributed by atoms with Gasteiger partial charge in [-0.3, -0.25) is 0 Å². The van der Waals surface area contributed by atoms with Gasteiger partial charge in [0.2, 0.25) is 0 Å². The summed E-state index contributed by atoms with van der Waals surface area (Å²) in [5.41, 5.74) is 5.98. The van der Waals surface area contributed by atoms with Gasteiger partial charge in [0.15, 0.2) is 0 Å². The van der Waals surface area contributed by atoms with Crippen molar-refractivity contribution in [3.05, 3.63) is 71.3 Å². The average Bonchev–Trinajstić information content (AvgIpc) is 3.42. The maximum Gasteiger partial charge on any atom is 0.0704 e. The van der Waals surface area contributed by atoms with Gasteiger partial charge in [0.1, 0.15) is 0 Å². The van der Waals surface area contributed by atoms with Crippen LogP contribution in [0.5, 0.6) is 0 Å². The maximum atomic E-state index is 12.1. The van der Waals surface area contributed by atoms with Crippen molar-refractivity contribution in [2.75, 3.05) is 0 Å². The summed E-state index contributed by atoms with van der Waals surface area (Å²) in [6, 6.07) is 10.9. The third-order valence-electron chi connectivity index (χ3n) is 10.8. The molecular formula is C32H44O. The Labute approximate surface area is 202 Å². The highest BCUT2D eigenvalue weighted by molar-refractivity contribution is 5.41. The smallest absolute Gasteiger partial charge is 0.0704 e. The van der Waals surface area contributed by atoms with Crippen molar-refractivity contribution in [1.82, 2.24) is 0 Å². The van der Waals surface area contributed by atoms with E-state index in [1.165, 1.54) is 68.1 Å². The van der Waals surface area contributed by atoms with Crippen LogP contribution in [0.15, 0.2) is 65.8 Å². The fourth-order valence-electron chi connectivity index (χ4n) is 8.48. The van der Waals surface area contributed by atoms with Crippen LogP contribution in [0.25, 0.3) is 0 Å². The molecule has 0 unspecified atom stereocenters. The lowest BCUT2D eigenvalue weighted by Crippen LogP contribution is -2.46. The Kier molecular flexibility index (Phi) is 6.01. The Morgan fingerprint density at radius 3 is 2.64 bits per heavy atom. The van der Waals surface area contributed by atoms with E-state index in [1.54, 1.807) is 5.57 Å². The zero-order chi connectivity index (χ0) is 23.3. The van der Waals surface area contributed by atoms with E-state index in [9.17, 15) is 5.11 Å². The number of hydrogen-bond donors (Lipinski definition) is 1. The van der Waals surface area contributed by atoms with E-state index >= 15 is 0 Å². The molecule has 1 N–H and O–H groups in total. The molecule has 0 saturated heterocycles. The summed E-state index contributed by atoms with van der Waals surface area (Å²) < 4.78 is 0. The van der Waals surface area contributed by atoms with Gasteiger partial charge in [-0.15, -0.1) is 0 Å². The Hall–Kier alpha value is -1.60. The molecule has 0 radical (unpaired) electrons. The van der Waals surface area contributed by atoms with E-state index in [4.69, 9.17) is 0 Å². The Morgan fingerprint density at radius 2 is 1.88 bits per heavy atom. The van der Waals surface area contributed by atoms with Crippen molar-refractivity contribution in [1.29, 1.82) is 0 Å². The van der Waals surface area contributed by atoms with Gasteiger partial charge in [-0.2, -0.15) is 0 Å². The number of benzene rings is 1. The number of allylic oxidation sites excluding steroid dienone is 5. The highest BCUT2D eigenvalue weighted by atomic mass is 16.3. The van der Waals surface area contributed by atoms with E-state index in [1.807, 2.05) is 0 Å². The molecule has 33 heavy (non-hydrogen) atoms. The minimum absolute atomic E-state index is 0.231. The molecule has 0 aromatic heterocycles. The zero-order valence-electron chi connectivity index (χ0n) is 21.2. The van der Waals surface area contributed by atoms with Crippen molar-refractivity contribution >= 4 is 0 Å². The Balaban J connectivity index is 1.35. The van der Waals surface area contributed by atoms with Crippen molar-refractivity contribution in [2.45, 2.75) is 97.0 Å². The molecule has 3 fully saturated rings. The molecule has 4 aliphatic rings. The molecule has 0 heterocycles. The molecule has 1 aromatic carbocycles. The summed E-state index contributed by atoms with van der Waals surface area (Å²) in [5, 5.41) is 12.1. The van der Waals surface area contributed by atoms with Gasteiger partial charge < -0.3 is 5.11 Å². The van der Waals surface area contributed by atoms with E-state index in [0.717, 1.165) is 19.3 Å². The number of rotatable bonds is 5. The van der Waals surface area contributed by atoms with E-state index in [2.05, 4.69) is 69.8 Å². The number of aliphatic hydroxyl groups is 1. The molecule has 1 aromatic rings. The normalized spacial score (nSPS) is 40.4. The molecule has 0 aliphatic heterocycles. The van der Waals surface area contributed by atoms with Crippen LogP contribution < -0.4 is 0 Å². The highest BCUT2D eigenvalue weighted by Gasteiger charge is 2.59. The van der Waals surface area contributed by atoms with Gasteiger partial charge in [0, 0.05) is 0 Å². The minimum atomic E-state index is -0.465. The van der Waals surface area contributed by atoms with Crippen molar-refractivity contribution < 1.29 is 5.11 Å². The molecule has 1 heteroatoms. The van der Waals surface area contributed by atoms with Gasteiger partial charge in [0.05, 0.1) is 5.60 Å². The summed E-state index contributed by atoms with van der Waals surface area (Å²) >= 11 is 0. The van der Waals surface area contributed by atoms with E-state index in [0.29, 0.717) is 17.8 Å². The van der Waals surface area contributed by atoms with E-state index < -0.39 is 5.60 Å². The predicted octanol–water partition coefficient (Wildman–Crippen LogP) is 8.21. The monoisotopic (exact) mass is 444 g/mol. The SMILES string of the molecule is C=C(C)[C@@H]1CC[C@]2(C)C(=C(C)C=C[C@@]23CC[C@@H]([C@]2(O)CCC[C@H]2CCc2ccccc2)C3)C1. The lowest BCUT2D eigenvalue weighted by atomic mass is 9.50. The quantitative estimate of drug-likeness (QED) is 0.454. The largest absolute Gasteiger partial charge is 0.389 e. The molecule has 5 rings (SSSR count). The zero-order valence-corrected chi connectivity index (χ0v) is 21.2. The second-order valence-corrected chi connectivity index (χ2v) is 12.3. The standard InChI is InChI=1S/C32H44O/c1-23(2)26-15-18-30(4)29(21-26)24(3)14-19-31(30)20-16-28(22-31)32(33)17-8-11-27(32)13-12-25-9-6-5-7-10-25/h5-7,9-10,14,19,26-28,33H,1,8,11-13,15-18,20-22H2,2-4H3/t26-,27+,28-,30-,31+,32+/m1/s1. The molecule has 1 nitrogen and oxygen atoms in total. The molecule has 0 amide bonds. The van der Waals surface area contributed by atoms with Crippen molar-refractivity contribution in [3.63, 3.8) is 0 Å². The molecule has 0 bridgehead atoms. The first kappa shape index (κ1) is 23.2. The van der Waals surface area contributed by atoms with Crippen LogP contribution in [0.4, 0.5) is 0 Å². The van der Waals surface area contributed by atoms with Crippen molar-refractivity contribution in [3.8, 4) is 0 Å².